The van der Waals surface area contributed by atoms with E-state index in [-0.39, 0.29) is 24.1 Å². The van der Waals surface area contributed by atoms with Gasteiger partial charge in [0.1, 0.15) is 0 Å². The Bertz CT molecular complexity index is 479. The molecule has 0 unspecified atom stereocenters. The third-order valence-corrected chi connectivity index (χ3v) is 4.94. The highest BCUT2D eigenvalue weighted by atomic mass is 31.2. The summed E-state index contributed by atoms with van der Waals surface area (Å²) in [6.45, 7) is 7.07. The number of aryl methyl sites for hydroxylation is 2. The van der Waals surface area contributed by atoms with Crippen molar-refractivity contribution in [2.45, 2.75) is 34.1 Å². The summed E-state index contributed by atoms with van der Waals surface area (Å²) in [7, 11) is -3.69. The molecule has 0 heterocycles. The predicted molar refractivity (Wildman–Crippen MR) is 71.4 cm³/mol. The minimum absolute atomic E-state index is 0.0331. The summed E-state index contributed by atoms with van der Waals surface area (Å²) in [4.78, 5) is 0. The Morgan fingerprint density at radius 3 is 2.00 bits per heavy atom. The summed E-state index contributed by atoms with van der Waals surface area (Å²) in [6, 6.07) is 2.82. The molecule has 0 bridgehead atoms. The lowest BCUT2D eigenvalue weighted by molar-refractivity contribution is 0.151. The van der Waals surface area contributed by atoms with Gasteiger partial charge < -0.3 is 9.05 Å². The Hall–Kier alpha value is -0.770. The Morgan fingerprint density at radius 2 is 1.58 bits per heavy atom. The topological polar surface area (TPSA) is 35.5 Å². The standard InChI is InChI=1S/C13H19F2O3P/c1-5-17-19(16,18-6-2)12-8-10(4)9(3)7-11(12)13(14)15/h7-8,13H,5-6H2,1-4H3. The molecule has 0 fully saturated rings. The number of hydrogen-bond donors (Lipinski definition) is 0. The van der Waals surface area contributed by atoms with Crippen LogP contribution in [0.25, 0.3) is 0 Å². The van der Waals surface area contributed by atoms with E-state index in [2.05, 4.69) is 0 Å². The van der Waals surface area contributed by atoms with Gasteiger partial charge in [0.25, 0.3) is 6.43 Å². The lowest BCUT2D eigenvalue weighted by Gasteiger charge is -2.21. The molecule has 1 rings (SSSR count). The Kier molecular flexibility index (Phi) is 5.65. The number of halogens is 2. The average molecular weight is 292 g/mol. The van der Waals surface area contributed by atoms with Gasteiger partial charge in [0.05, 0.1) is 18.5 Å². The zero-order chi connectivity index (χ0) is 14.6. The van der Waals surface area contributed by atoms with Crippen LogP contribution in [0.1, 0.15) is 37.0 Å². The normalized spacial score (nSPS) is 12.2. The van der Waals surface area contributed by atoms with Crippen molar-refractivity contribution in [1.29, 1.82) is 0 Å². The fraction of sp³-hybridized carbons (Fsp3) is 0.538. The summed E-state index contributed by atoms with van der Waals surface area (Å²) in [5, 5.41) is -0.0331. The summed E-state index contributed by atoms with van der Waals surface area (Å²) in [6.07, 6.45) is -2.72. The molecule has 0 aliphatic rings. The van der Waals surface area contributed by atoms with Crippen LogP contribution in [0, 0.1) is 13.8 Å². The number of rotatable bonds is 6. The predicted octanol–water partition coefficient (Wildman–Crippen LogP) is 4.13. The lowest BCUT2D eigenvalue weighted by Crippen LogP contribution is -2.17. The summed E-state index contributed by atoms with van der Waals surface area (Å²) >= 11 is 0. The number of hydrogen-bond acceptors (Lipinski definition) is 3. The lowest BCUT2D eigenvalue weighted by atomic mass is 10.1. The minimum atomic E-state index is -3.69. The van der Waals surface area contributed by atoms with Gasteiger partial charge >= 0.3 is 7.60 Å². The van der Waals surface area contributed by atoms with E-state index in [0.29, 0.717) is 0 Å². The van der Waals surface area contributed by atoms with E-state index in [1.165, 1.54) is 12.1 Å². The van der Waals surface area contributed by atoms with Crippen LogP contribution >= 0.6 is 7.60 Å². The molecule has 0 spiro atoms. The van der Waals surface area contributed by atoms with E-state index in [4.69, 9.17) is 9.05 Å². The molecule has 0 saturated heterocycles. The maximum absolute atomic E-state index is 13.1. The van der Waals surface area contributed by atoms with E-state index in [1.807, 2.05) is 0 Å². The van der Waals surface area contributed by atoms with E-state index in [1.54, 1.807) is 27.7 Å². The van der Waals surface area contributed by atoms with Gasteiger partial charge in [-0.15, -0.1) is 0 Å². The zero-order valence-corrected chi connectivity index (χ0v) is 12.5. The number of benzene rings is 1. The van der Waals surface area contributed by atoms with Gasteiger partial charge in [-0.2, -0.15) is 0 Å². The molecular formula is C13H19F2O3P. The van der Waals surface area contributed by atoms with Gasteiger partial charge in [0, 0.05) is 5.56 Å². The molecule has 1 aromatic rings. The maximum Gasteiger partial charge on any atom is 0.361 e. The van der Waals surface area contributed by atoms with E-state index in [0.717, 1.165) is 11.1 Å². The fourth-order valence-corrected chi connectivity index (χ4v) is 3.61. The van der Waals surface area contributed by atoms with Crippen LogP contribution in [0.5, 0.6) is 0 Å². The summed E-state index contributed by atoms with van der Waals surface area (Å²) in [5.74, 6) is 0. The highest BCUT2D eigenvalue weighted by Crippen LogP contribution is 2.49. The molecule has 0 aliphatic carbocycles. The summed E-state index contributed by atoms with van der Waals surface area (Å²) < 4.78 is 49.1. The second kappa shape index (κ2) is 6.60. The van der Waals surface area contributed by atoms with Crippen molar-refractivity contribution < 1.29 is 22.4 Å². The van der Waals surface area contributed by atoms with Crippen molar-refractivity contribution in [2.75, 3.05) is 13.2 Å². The van der Waals surface area contributed by atoms with Crippen LogP contribution in [0.4, 0.5) is 8.78 Å². The first-order valence-corrected chi connectivity index (χ1v) is 7.69. The second-order valence-corrected chi connectivity index (χ2v) is 6.12. The van der Waals surface area contributed by atoms with Gasteiger partial charge in [0.2, 0.25) is 0 Å². The Labute approximate surface area is 112 Å². The Balaban J connectivity index is 3.44. The van der Waals surface area contributed by atoms with E-state index < -0.39 is 14.0 Å². The SMILES string of the molecule is CCOP(=O)(OCC)c1cc(C)c(C)cc1C(F)F. The maximum atomic E-state index is 13.1. The molecule has 0 saturated carbocycles. The van der Waals surface area contributed by atoms with Crippen molar-refractivity contribution in [1.82, 2.24) is 0 Å². The van der Waals surface area contributed by atoms with Crippen LogP contribution in [0.15, 0.2) is 12.1 Å². The summed E-state index contributed by atoms with van der Waals surface area (Å²) in [5.41, 5.74) is 1.21. The fourth-order valence-electron chi connectivity index (χ4n) is 1.75. The van der Waals surface area contributed by atoms with Crippen LogP contribution < -0.4 is 5.30 Å². The van der Waals surface area contributed by atoms with Crippen molar-refractivity contribution in [3.8, 4) is 0 Å². The first-order valence-electron chi connectivity index (χ1n) is 6.14. The second-order valence-electron chi connectivity index (χ2n) is 4.13. The number of alkyl halides is 2. The van der Waals surface area contributed by atoms with Crippen molar-refractivity contribution in [2.24, 2.45) is 0 Å². The molecule has 0 N–H and O–H groups in total. The highest BCUT2D eigenvalue weighted by Gasteiger charge is 2.32. The van der Waals surface area contributed by atoms with Gasteiger partial charge in [-0.3, -0.25) is 4.57 Å². The molecular weight excluding hydrogens is 273 g/mol. The smallest absolute Gasteiger partial charge is 0.305 e. The zero-order valence-electron chi connectivity index (χ0n) is 11.6. The highest BCUT2D eigenvalue weighted by molar-refractivity contribution is 7.62. The van der Waals surface area contributed by atoms with Crippen molar-refractivity contribution in [3.63, 3.8) is 0 Å². The van der Waals surface area contributed by atoms with Crippen LogP contribution in [0.2, 0.25) is 0 Å². The first-order chi connectivity index (χ1) is 8.85. The molecule has 0 aromatic heterocycles. The molecule has 0 aliphatic heterocycles. The van der Waals surface area contributed by atoms with Gasteiger partial charge in [-0.1, -0.05) is 0 Å². The van der Waals surface area contributed by atoms with Gasteiger partial charge in [0.15, 0.2) is 0 Å². The molecule has 0 amide bonds. The van der Waals surface area contributed by atoms with Crippen LogP contribution in [0.3, 0.4) is 0 Å². The van der Waals surface area contributed by atoms with Crippen molar-refractivity contribution in [3.05, 3.63) is 28.8 Å². The quantitative estimate of drug-likeness (QED) is 0.739. The molecule has 108 valence electrons. The average Bonchev–Trinajstić information content (AvgIpc) is 2.32. The first kappa shape index (κ1) is 16.3. The molecule has 0 radical (unpaired) electrons. The van der Waals surface area contributed by atoms with Crippen molar-refractivity contribution >= 4 is 12.9 Å². The largest absolute Gasteiger partial charge is 0.361 e. The Morgan fingerprint density at radius 1 is 1.11 bits per heavy atom. The molecule has 6 heteroatoms. The van der Waals surface area contributed by atoms with Gasteiger partial charge in [-0.05, 0) is 51.0 Å². The van der Waals surface area contributed by atoms with Gasteiger partial charge in [-0.25, -0.2) is 8.78 Å². The minimum Gasteiger partial charge on any atom is -0.305 e. The molecule has 1 aromatic carbocycles. The van der Waals surface area contributed by atoms with Crippen LogP contribution in [-0.2, 0) is 13.6 Å². The van der Waals surface area contributed by atoms with Crippen LogP contribution in [-0.4, -0.2) is 13.2 Å². The van der Waals surface area contributed by atoms with E-state index in [9.17, 15) is 13.3 Å². The monoisotopic (exact) mass is 292 g/mol. The van der Waals surface area contributed by atoms with E-state index >= 15 is 0 Å². The molecule has 0 atom stereocenters. The third-order valence-electron chi connectivity index (χ3n) is 2.77. The molecule has 19 heavy (non-hydrogen) atoms. The third kappa shape index (κ3) is 3.62. The molecule has 3 nitrogen and oxygen atoms in total.